The Balaban J connectivity index is 3.05. The molecule has 4 nitrogen and oxygen atoms in total. The first-order valence-corrected chi connectivity index (χ1v) is 11.1. The fourth-order valence-corrected chi connectivity index (χ4v) is 7.34. The van der Waals surface area contributed by atoms with Crippen molar-refractivity contribution in [3.63, 3.8) is 0 Å². The molecule has 0 amide bonds. The molecule has 0 spiro atoms. The minimum absolute atomic E-state index is 0.0763. The van der Waals surface area contributed by atoms with Gasteiger partial charge < -0.3 is 0 Å². The molecular weight excluding hydrogens is 308 g/mol. The van der Waals surface area contributed by atoms with Crippen molar-refractivity contribution in [3.05, 3.63) is 11.1 Å². The van der Waals surface area contributed by atoms with Gasteiger partial charge in [-0.1, -0.05) is 33.9 Å². The Morgan fingerprint density at radius 1 is 1.47 bits per heavy atom. The number of thiazole rings is 1. The van der Waals surface area contributed by atoms with Gasteiger partial charge in [0.25, 0.3) is 6.43 Å². The number of hydrogen-bond acceptors (Lipinski definition) is 4. The lowest BCUT2D eigenvalue weighted by Gasteiger charge is -2.37. The zero-order valence-corrected chi connectivity index (χ0v) is 14.2. The molecule has 1 aromatic heterocycles. The number of hydrogen-bond donors (Lipinski definition) is 2. The molecule has 9 heteroatoms. The van der Waals surface area contributed by atoms with Gasteiger partial charge in [-0.15, -0.1) is 11.3 Å². The molecule has 0 aromatic carbocycles. The number of nitrogens with zero attached hydrogens (tertiary/aromatic N) is 1. The summed E-state index contributed by atoms with van der Waals surface area (Å²) in [5.74, 6) is 0. The second-order valence-corrected chi connectivity index (χ2v) is 14.1. The first-order valence-electron chi connectivity index (χ1n) is 5.68. The van der Waals surface area contributed by atoms with Crippen LogP contribution in [0, 0.1) is 4.78 Å². The molecular formula is C10H19F2N3OS2Si. The third-order valence-corrected chi connectivity index (χ3v) is 12.4. The van der Waals surface area contributed by atoms with Crippen LogP contribution in [-0.4, -0.2) is 17.4 Å². The largest absolute Gasteiger partial charge is 0.281 e. The second-order valence-electron chi connectivity index (χ2n) is 5.87. The summed E-state index contributed by atoms with van der Waals surface area (Å²) in [4.78, 5) is 3.61. The van der Waals surface area contributed by atoms with Gasteiger partial charge in [-0.25, -0.2) is 27.1 Å². The summed E-state index contributed by atoms with van der Waals surface area (Å²) in [6.07, 6.45) is -2.70. The van der Waals surface area contributed by atoms with E-state index in [0.29, 0.717) is 0 Å². The summed E-state index contributed by atoms with van der Waals surface area (Å²) in [6.45, 7) is 9.95. The topological polar surface area (TPSA) is 65.8 Å². The minimum atomic E-state index is -3.33. The first-order chi connectivity index (χ1) is 8.37. The molecule has 1 aromatic rings. The third-order valence-electron chi connectivity index (χ3n) is 3.24. The molecule has 0 radical (unpaired) electrons. The standard InChI is InChI=1S/C10H19F2N3OS2Si/c1-10(2,3)19(4,5)15-18(13,16)9-14-7(6-17-9)8(11)12/h6,8H,1-5H3,(H2,13,15,16). The van der Waals surface area contributed by atoms with E-state index < -0.39 is 30.3 Å². The molecule has 19 heavy (non-hydrogen) atoms. The molecule has 0 aliphatic heterocycles. The highest BCUT2D eigenvalue weighted by atomic mass is 32.2. The molecule has 0 bridgehead atoms. The molecule has 1 unspecified atom stereocenters. The maximum atomic E-state index is 12.5. The van der Waals surface area contributed by atoms with Gasteiger partial charge >= 0.3 is 0 Å². The number of aromatic nitrogens is 1. The fraction of sp³-hybridized carbons (Fsp3) is 0.700. The molecule has 110 valence electrons. The van der Waals surface area contributed by atoms with Crippen LogP contribution in [-0.2, 0) is 9.92 Å². The molecule has 0 saturated carbocycles. The van der Waals surface area contributed by atoms with Crippen molar-refractivity contribution < 1.29 is 13.0 Å². The van der Waals surface area contributed by atoms with Crippen molar-refractivity contribution in [3.8, 4) is 0 Å². The van der Waals surface area contributed by atoms with Gasteiger partial charge in [-0.2, -0.15) is 0 Å². The summed E-state index contributed by atoms with van der Waals surface area (Å²) >= 11 is 0.842. The van der Waals surface area contributed by atoms with Crippen molar-refractivity contribution in [1.82, 2.24) is 9.37 Å². The van der Waals surface area contributed by atoms with Crippen LogP contribution in [0.1, 0.15) is 32.9 Å². The highest BCUT2D eigenvalue weighted by Crippen LogP contribution is 2.35. The maximum Gasteiger partial charge on any atom is 0.281 e. The van der Waals surface area contributed by atoms with Gasteiger partial charge in [0.15, 0.2) is 9.92 Å². The Kier molecular flexibility index (Phi) is 4.55. The van der Waals surface area contributed by atoms with Crippen LogP contribution in [0.2, 0.25) is 18.1 Å². The first kappa shape index (κ1) is 16.7. The Labute approximate surface area is 117 Å². The Morgan fingerprint density at radius 3 is 2.37 bits per heavy atom. The van der Waals surface area contributed by atoms with Gasteiger partial charge in [-0.3, -0.25) is 0 Å². The van der Waals surface area contributed by atoms with Crippen LogP contribution in [0.3, 0.4) is 0 Å². The van der Waals surface area contributed by atoms with E-state index in [1.54, 1.807) is 0 Å². The van der Waals surface area contributed by atoms with Crippen LogP contribution >= 0.6 is 11.3 Å². The number of alkyl halides is 2. The average molecular weight is 327 g/mol. The van der Waals surface area contributed by atoms with Gasteiger partial charge in [-0.05, 0) is 5.04 Å². The summed E-state index contributed by atoms with van der Waals surface area (Å²) in [5.41, 5.74) is -0.419. The lowest BCUT2D eigenvalue weighted by molar-refractivity contribution is 0.146. The van der Waals surface area contributed by atoms with E-state index >= 15 is 0 Å². The molecule has 0 aliphatic rings. The van der Waals surface area contributed by atoms with Gasteiger partial charge in [0, 0.05) is 5.38 Å². The number of halogens is 2. The SMILES string of the molecule is CC(C)(C)[Si](C)(C)NS(=N)(=O)c1nc(C(F)F)cs1. The van der Waals surface area contributed by atoms with Crippen LogP contribution in [0.4, 0.5) is 8.78 Å². The van der Waals surface area contributed by atoms with E-state index in [1.165, 1.54) is 0 Å². The van der Waals surface area contributed by atoms with Gasteiger partial charge in [0.05, 0.1) is 0 Å². The van der Waals surface area contributed by atoms with Crippen molar-refractivity contribution in [1.29, 1.82) is 4.78 Å². The zero-order valence-electron chi connectivity index (χ0n) is 11.6. The van der Waals surface area contributed by atoms with Crippen molar-refractivity contribution in [2.45, 2.75) is 49.7 Å². The molecule has 2 N–H and O–H groups in total. The van der Waals surface area contributed by atoms with Gasteiger partial charge in [0.2, 0.25) is 4.34 Å². The quantitative estimate of drug-likeness (QED) is 0.821. The van der Waals surface area contributed by atoms with Crippen molar-refractivity contribution >= 4 is 29.5 Å². The summed E-state index contributed by atoms with van der Waals surface area (Å²) in [7, 11) is -5.50. The highest BCUT2D eigenvalue weighted by Gasteiger charge is 2.39. The predicted molar refractivity (Wildman–Crippen MR) is 76.5 cm³/mol. The second kappa shape index (κ2) is 5.19. The van der Waals surface area contributed by atoms with Crippen molar-refractivity contribution in [2.75, 3.05) is 0 Å². The summed E-state index contributed by atoms with van der Waals surface area (Å²) in [5, 5.41) is 1.04. The molecule has 1 heterocycles. The molecule has 0 saturated heterocycles. The number of rotatable bonds is 4. The van der Waals surface area contributed by atoms with Crippen molar-refractivity contribution in [2.24, 2.45) is 0 Å². The van der Waals surface area contributed by atoms with Crippen LogP contribution in [0.25, 0.3) is 0 Å². The van der Waals surface area contributed by atoms with Crippen LogP contribution in [0.15, 0.2) is 9.72 Å². The molecule has 1 atom stereocenters. The van der Waals surface area contributed by atoms with E-state index in [-0.39, 0.29) is 9.38 Å². The van der Waals surface area contributed by atoms with E-state index in [2.05, 4.69) is 9.37 Å². The Bertz CT molecular complexity index is 549. The average Bonchev–Trinajstić information content (AvgIpc) is 2.62. The Hall–Kier alpha value is -0.383. The van der Waals surface area contributed by atoms with E-state index in [4.69, 9.17) is 4.78 Å². The molecule has 1 rings (SSSR count). The fourth-order valence-electron chi connectivity index (χ4n) is 1.06. The lowest BCUT2D eigenvalue weighted by Crippen LogP contribution is -2.54. The van der Waals surface area contributed by atoms with E-state index in [0.717, 1.165) is 16.7 Å². The smallest absolute Gasteiger partial charge is 0.247 e. The molecule has 0 fully saturated rings. The Morgan fingerprint density at radius 2 is 2.00 bits per heavy atom. The third kappa shape index (κ3) is 3.80. The molecule has 0 aliphatic carbocycles. The van der Waals surface area contributed by atoms with Gasteiger partial charge in [0.1, 0.15) is 13.9 Å². The number of nitrogens with one attached hydrogen (secondary N) is 2. The maximum absolute atomic E-state index is 12.5. The lowest BCUT2D eigenvalue weighted by atomic mass is 10.2. The van der Waals surface area contributed by atoms with E-state index in [1.807, 2.05) is 33.9 Å². The van der Waals surface area contributed by atoms with Crippen LogP contribution < -0.4 is 4.39 Å². The predicted octanol–water partition coefficient (Wildman–Crippen LogP) is 4.00. The normalized spacial score (nSPS) is 16.6. The zero-order chi connectivity index (χ0) is 15.1. The minimum Gasteiger partial charge on any atom is -0.247 e. The highest BCUT2D eigenvalue weighted by molar-refractivity contribution is 7.93. The summed E-state index contributed by atoms with van der Waals surface area (Å²) < 4.78 is 48.0. The van der Waals surface area contributed by atoms with Crippen LogP contribution in [0.5, 0.6) is 0 Å². The van der Waals surface area contributed by atoms with E-state index in [9.17, 15) is 13.0 Å². The summed E-state index contributed by atoms with van der Waals surface area (Å²) in [6, 6.07) is 0. The monoisotopic (exact) mass is 327 g/mol.